The van der Waals surface area contributed by atoms with Crippen molar-refractivity contribution in [2.24, 2.45) is 22.2 Å². The van der Waals surface area contributed by atoms with Crippen molar-refractivity contribution < 1.29 is 116 Å². The topological polar surface area (TPSA) is 627 Å². The molecule has 46 heteroatoms. The lowest BCUT2D eigenvalue weighted by atomic mass is 10.0. The fourth-order valence-electron chi connectivity index (χ4n) is 10.7. The lowest BCUT2D eigenvalue weighted by Crippen LogP contribution is -2.60. The van der Waals surface area contributed by atoms with E-state index in [4.69, 9.17) is 36.1 Å². The van der Waals surface area contributed by atoms with Gasteiger partial charge in [0, 0.05) is 102 Å². The number of nitrogens with zero attached hydrogens (tertiary/aromatic N) is 5. The highest BCUT2D eigenvalue weighted by Gasteiger charge is 2.35. The van der Waals surface area contributed by atoms with Crippen LogP contribution in [-0.4, -0.2) is 370 Å². The van der Waals surface area contributed by atoms with Crippen LogP contribution >= 0.6 is 37.0 Å². The minimum atomic E-state index is -1.89. The summed E-state index contributed by atoms with van der Waals surface area (Å²) in [5.74, 6) is -17.4. The number of aliphatic carboxylic acids is 4. The van der Waals surface area contributed by atoms with Crippen molar-refractivity contribution in [3.05, 3.63) is 35.9 Å². The van der Waals surface area contributed by atoms with E-state index < -0.39 is 174 Å². The van der Waals surface area contributed by atoms with Crippen LogP contribution in [0, 0.1) is 0 Å². The Hall–Kier alpha value is -9.26. The monoisotopic (exact) mass is 1650 g/mol. The predicted molar refractivity (Wildman–Crippen MR) is 408 cm³/mol. The summed E-state index contributed by atoms with van der Waals surface area (Å²) in [6.07, 6.45) is -1.24. The normalized spacial score (nSPS) is 20.8. The smallest absolute Gasteiger partial charge is 0.317 e. The van der Waals surface area contributed by atoms with Crippen molar-refractivity contribution in [3.8, 4) is 0 Å². The Morgan fingerprint density at radius 3 is 1.46 bits per heavy atom. The number of carboxylic acids is 4. The van der Waals surface area contributed by atoms with E-state index in [0.717, 1.165) is 11.8 Å². The molecule has 2 aliphatic rings. The van der Waals surface area contributed by atoms with Gasteiger partial charge in [0.2, 0.25) is 70.9 Å². The number of amides is 12. The summed E-state index contributed by atoms with van der Waals surface area (Å²) in [5.41, 5.74) is 16.5. The molecule has 2 fully saturated rings. The van der Waals surface area contributed by atoms with E-state index in [0.29, 0.717) is 5.56 Å². The zero-order valence-electron chi connectivity index (χ0n) is 62.1. The molecule has 2 aliphatic heterocycles. The van der Waals surface area contributed by atoms with Crippen LogP contribution in [-0.2, 0) is 102 Å². The van der Waals surface area contributed by atoms with Crippen molar-refractivity contribution in [2.75, 3.05) is 187 Å². The lowest BCUT2D eigenvalue weighted by Gasteiger charge is -2.32. The van der Waals surface area contributed by atoms with Crippen LogP contribution in [0.2, 0.25) is 0 Å². The number of rotatable bonds is 40. The van der Waals surface area contributed by atoms with Gasteiger partial charge in [-0.15, -0.1) is 11.8 Å². The Morgan fingerprint density at radius 1 is 0.482 bits per heavy atom. The fourth-order valence-corrected chi connectivity index (χ4v) is 12.0. The number of nitrogens with one attached hydrogen (secondary N) is 11. The second-order valence-corrected chi connectivity index (χ2v) is 27.2. The summed E-state index contributed by atoms with van der Waals surface area (Å²) in [7, 11) is 0. The number of guanidine groups is 1. The van der Waals surface area contributed by atoms with Gasteiger partial charge in [-0.2, -0.15) is 25.3 Å². The number of ether oxygens (including phenoxy) is 4. The molecule has 2 saturated heterocycles. The van der Waals surface area contributed by atoms with Crippen molar-refractivity contribution in [1.82, 2.24) is 78.1 Å². The Balaban J connectivity index is 1.96. The number of aliphatic imine (C=N–C) groups is 1. The SMILES string of the molecule is NC(=O)COCC(=O)NCCOCCOCCOCCNC(=O)C1CSCC(=O)NC(CCCCNC(=O)CN2CCN(CC(=O)O)CCN(CC(=O)O)CCN(CC(=O)O)CC2)C(=O)NC(CS)C(=O)NC(CCCN=C(N)N)C(=O)NCC(=O)NC(CC(=O)O)C(=O)NC(CS)C(=O)NC(Cc2ccccc2)C(=O)N1. The number of carboxylic acid groups (broad SMARTS) is 4. The highest BCUT2D eigenvalue weighted by atomic mass is 32.2. The van der Waals surface area contributed by atoms with Crippen LogP contribution in [0.4, 0.5) is 0 Å². The van der Waals surface area contributed by atoms with Crippen LogP contribution in [0.1, 0.15) is 44.1 Å². The number of benzene rings is 1. The maximum Gasteiger partial charge on any atom is 0.317 e. The molecule has 7 atom stereocenters. The number of hydrogen-bond acceptors (Lipinski definition) is 28. The Labute approximate surface area is 661 Å². The zero-order chi connectivity index (χ0) is 82.8. The first-order valence-electron chi connectivity index (χ1n) is 35.9. The van der Waals surface area contributed by atoms with Gasteiger partial charge in [-0.25, -0.2) is 0 Å². The maximum atomic E-state index is 14.6. The van der Waals surface area contributed by atoms with Gasteiger partial charge in [0.1, 0.15) is 55.5 Å². The van der Waals surface area contributed by atoms with E-state index >= 15 is 0 Å². The highest BCUT2D eigenvalue weighted by Crippen LogP contribution is 2.12. The molecule has 0 aromatic heterocycles. The van der Waals surface area contributed by atoms with E-state index in [1.165, 1.54) is 0 Å². The Kier molecular flexibility index (Phi) is 48.5. The molecule has 0 aliphatic carbocycles. The van der Waals surface area contributed by atoms with E-state index in [1.807, 2.05) is 0 Å². The van der Waals surface area contributed by atoms with Gasteiger partial charge in [-0.05, 0) is 37.7 Å². The van der Waals surface area contributed by atoms with E-state index in [9.17, 15) is 97.1 Å². The Bertz CT molecular complexity index is 3230. The second-order valence-electron chi connectivity index (χ2n) is 25.4. The summed E-state index contributed by atoms with van der Waals surface area (Å²) < 4.78 is 21.4. The Morgan fingerprint density at radius 2 is 0.938 bits per heavy atom. The number of carbonyl (C=O) groups excluding carboxylic acids is 12. The third-order valence-corrected chi connectivity index (χ3v) is 18.1. The third kappa shape index (κ3) is 44.1. The minimum Gasteiger partial charge on any atom is -0.481 e. The summed E-state index contributed by atoms with van der Waals surface area (Å²) in [4.78, 5) is 221. The number of carbonyl (C=O) groups is 16. The molecule has 0 radical (unpaired) electrons. The number of thioether (sulfide) groups is 1. The van der Waals surface area contributed by atoms with Gasteiger partial charge < -0.3 is 115 Å². The number of unbranched alkanes of at least 4 members (excludes halogenated alkanes) is 1. The molecule has 112 heavy (non-hydrogen) atoms. The molecule has 0 spiro atoms. The molecule has 1 aromatic rings. The largest absolute Gasteiger partial charge is 0.481 e. The van der Waals surface area contributed by atoms with Crippen LogP contribution < -0.4 is 75.7 Å². The molecule has 3 rings (SSSR count). The number of hydrogen-bond donors (Lipinski definition) is 20. The van der Waals surface area contributed by atoms with Gasteiger partial charge in [0.05, 0.1) is 84.5 Å². The van der Waals surface area contributed by atoms with Gasteiger partial charge >= 0.3 is 23.9 Å². The second kappa shape index (κ2) is 56.0. The number of primary amides is 1. The standard InChI is InChI=1S/C66H107N19O24S3/c67-50(86)36-109-37-53(89)71-13-23-106-25-27-108-28-26-107-24-14-72-60(100)49-40-112-41-54(90)75-44(9-4-5-11-70-52(88)32-82-15-17-83(33-56(93)94)19-21-85(35-58(97)98)22-20-84(18-16-82)34-57(95)96)61(101)79-47(38-110)64(104)77-43(10-6-12-73-66(68)69)59(99)74-31-51(87)76-46(30-55(91)92)63(103)80-48(39-111)65(105)78-45(62(102)81-49)29-42-7-2-1-3-8-42/h1-3,7-8,43-49,110-111H,4-6,9-41H2,(H2,67,86)(H,70,88)(H,71,89)(H,72,100)(H,74,99)(H,75,90)(H,76,87)(H,77,104)(H,78,105)(H,79,101)(H,80,103)(H,81,102)(H,91,92)(H,93,94)(H,95,96)(H,97,98)(H4,68,69,73). The van der Waals surface area contributed by atoms with Crippen LogP contribution in [0.25, 0.3) is 0 Å². The summed E-state index contributed by atoms with van der Waals surface area (Å²) >= 11 is 9.37. The van der Waals surface area contributed by atoms with Crippen molar-refractivity contribution in [3.63, 3.8) is 0 Å². The molecule has 12 amide bonds. The predicted octanol–water partition coefficient (Wildman–Crippen LogP) is -9.58. The van der Waals surface area contributed by atoms with Crippen molar-refractivity contribution in [1.29, 1.82) is 0 Å². The highest BCUT2D eigenvalue weighted by molar-refractivity contribution is 8.00. The van der Waals surface area contributed by atoms with E-state index in [1.54, 1.807) is 49.9 Å². The van der Waals surface area contributed by atoms with E-state index in [-0.39, 0.29) is 201 Å². The molecular formula is C66H107N19O24S3. The lowest BCUT2D eigenvalue weighted by molar-refractivity contribution is -0.141. The fraction of sp³-hybridized carbons (Fsp3) is 0.652. The van der Waals surface area contributed by atoms with Crippen molar-refractivity contribution in [2.45, 2.75) is 87.2 Å². The number of nitrogens with two attached hydrogens (primary N) is 3. The average Bonchev–Trinajstić information content (AvgIpc) is 0.885. The first kappa shape index (κ1) is 96.9. The average molecular weight is 1650 g/mol. The van der Waals surface area contributed by atoms with Gasteiger partial charge in [-0.3, -0.25) is 101 Å². The zero-order valence-corrected chi connectivity index (χ0v) is 64.7. The molecule has 7 unspecified atom stereocenters. The summed E-state index contributed by atoms with van der Waals surface area (Å²) in [6.45, 7) is -1.25. The third-order valence-electron chi connectivity index (χ3n) is 16.3. The molecule has 628 valence electrons. The molecule has 21 N–H and O–H groups in total. The molecule has 43 nitrogen and oxygen atoms in total. The van der Waals surface area contributed by atoms with Gasteiger partial charge in [0.15, 0.2) is 5.96 Å². The van der Waals surface area contributed by atoms with Crippen LogP contribution in [0.15, 0.2) is 35.3 Å². The first-order valence-corrected chi connectivity index (χ1v) is 38.3. The summed E-state index contributed by atoms with van der Waals surface area (Å²) in [5, 5.41) is 66.5. The molecule has 2 heterocycles. The van der Waals surface area contributed by atoms with Gasteiger partial charge in [-0.1, -0.05) is 30.3 Å². The van der Waals surface area contributed by atoms with Crippen molar-refractivity contribution >= 4 is 138 Å². The number of thiol groups is 2. The molecule has 0 saturated carbocycles. The molecule has 0 bridgehead atoms. The molecular weight excluding hydrogens is 1540 g/mol. The summed E-state index contributed by atoms with van der Waals surface area (Å²) in [6, 6.07) is -2.70. The maximum absolute atomic E-state index is 14.6. The van der Waals surface area contributed by atoms with Gasteiger partial charge in [0.25, 0.3) is 0 Å². The van der Waals surface area contributed by atoms with E-state index in [2.05, 4.69) is 88.7 Å². The minimum absolute atomic E-state index is 0.0129. The van der Waals surface area contributed by atoms with Crippen LogP contribution in [0.5, 0.6) is 0 Å². The van der Waals surface area contributed by atoms with Crippen LogP contribution in [0.3, 0.4) is 0 Å². The first-order chi connectivity index (χ1) is 53.4. The molecule has 1 aromatic carbocycles. The quantitative estimate of drug-likeness (QED) is 0.0126.